The molecule has 0 aromatic heterocycles. The molecule has 1 aliphatic rings. The summed E-state index contributed by atoms with van der Waals surface area (Å²) in [6, 6.07) is 0. The monoisotopic (exact) mass is 145 g/mol. The smallest absolute Gasteiger partial charge is 0.219 e. The van der Waals surface area contributed by atoms with Crippen molar-refractivity contribution in [2.75, 3.05) is 13.1 Å². The van der Waals surface area contributed by atoms with Crippen LogP contribution in [0.4, 0.5) is 4.39 Å². The normalized spacial score (nSPS) is 32.9. The summed E-state index contributed by atoms with van der Waals surface area (Å²) in [6.07, 6.45) is 0.479. The van der Waals surface area contributed by atoms with Crippen molar-refractivity contribution >= 4 is 5.91 Å². The number of nitrogens with zero attached hydrogens (tertiary/aromatic N) is 1. The first-order valence-corrected chi connectivity index (χ1v) is 3.46. The molecule has 1 atom stereocenters. The van der Waals surface area contributed by atoms with E-state index in [-0.39, 0.29) is 12.5 Å². The van der Waals surface area contributed by atoms with E-state index >= 15 is 0 Å². The fourth-order valence-electron chi connectivity index (χ4n) is 1.19. The van der Waals surface area contributed by atoms with E-state index < -0.39 is 5.67 Å². The van der Waals surface area contributed by atoms with Crippen molar-refractivity contribution in [1.82, 2.24) is 4.90 Å². The SMILES string of the molecule is CC(=O)N1CCC(C)(F)C1. The van der Waals surface area contributed by atoms with Crippen LogP contribution in [0.3, 0.4) is 0 Å². The summed E-state index contributed by atoms with van der Waals surface area (Å²) < 4.78 is 13.0. The average molecular weight is 145 g/mol. The minimum absolute atomic E-state index is 0.0265. The van der Waals surface area contributed by atoms with E-state index in [4.69, 9.17) is 0 Å². The van der Waals surface area contributed by atoms with Crippen LogP contribution in [0.5, 0.6) is 0 Å². The van der Waals surface area contributed by atoms with Crippen molar-refractivity contribution in [2.45, 2.75) is 25.9 Å². The molecule has 0 bridgehead atoms. The summed E-state index contributed by atoms with van der Waals surface area (Å²) in [5, 5.41) is 0. The van der Waals surface area contributed by atoms with Gasteiger partial charge in [-0.3, -0.25) is 4.79 Å². The van der Waals surface area contributed by atoms with Gasteiger partial charge in [-0.15, -0.1) is 0 Å². The molecule has 1 unspecified atom stereocenters. The summed E-state index contributed by atoms with van der Waals surface area (Å²) in [7, 11) is 0. The average Bonchev–Trinajstić information content (AvgIpc) is 2.10. The third-order valence-electron chi connectivity index (χ3n) is 1.87. The fraction of sp³-hybridized carbons (Fsp3) is 0.857. The molecule has 10 heavy (non-hydrogen) atoms. The summed E-state index contributed by atoms with van der Waals surface area (Å²) in [5.74, 6) is -0.0265. The number of amides is 1. The first kappa shape index (κ1) is 7.51. The molecular weight excluding hydrogens is 133 g/mol. The lowest BCUT2D eigenvalue weighted by atomic mass is 10.1. The standard InChI is InChI=1S/C7H12FNO/c1-6(10)9-4-3-7(2,8)5-9/h3-5H2,1-2H3. The Morgan fingerprint density at radius 3 is 2.50 bits per heavy atom. The molecule has 1 heterocycles. The molecule has 2 nitrogen and oxygen atoms in total. The molecule has 0 aromatic rings. The third kappa shape index (κ3) is 1.46. The highest BCUT2D eigenvalue weighted by Crippen LogP contribution is 2.24. The van der Waals surface area contributed by atoms with Crippen molar-refractivity contribution in [2.24, 2.45) is 0 Å². The maximum absolute atomic E-state index is 13.0. The predicted octanol–water partition coefficient (Wildman–Crippen LogP) is 0.967. The van der Waals surface area contributed by atoms with Crippen LogP contribution in [0.15, 0.2) is 0 Å². The van der Waals surface area contributed by atoms with Gasteiger partial charge in [-0.05, 0) is 6.92 Å². The first-order valence-electron chi connectivity index (χ1n) is 3.46. The Labute approximate surface area is 60.0 Å². The Balaban J connectivity index is 2.51. The van der Waals surface area contributed by atoms with Crippen LogP contribution in [-0.4, -0.2) is 29.6 Å². The van der Waals surface area contributed by atoms with E-state index in [2.05, 4.69) is 0 Å². The van der Waals surface area contributed by atoms with Crippen molar-refractivity contribution < 1.29 is 9.18 Å². The summed E-state index contributed by atoms with van der Waals surface area (Å²) in [5.41, 5.74) is -1.15. The van der Waals surface area contributed by atoms with E-state index in [0.29, 0.717) is 13.0 Å². The van der Waals surface area contributed by atoms with Gasteiger partial charge in [0.1, 0.15) is 5.67 Å². The Morgan fingerprint density at radius 1 is 1.70 bits per heavy atom. The number of carbonyl (C=O) groups is 1. The van der Waals surface area contributed by atoms with Gasteiger partial charge in [0.05, 0.1) is 6.54 Å². The zero-order valence-corrected chi connectivity index (χ0v) is 6.35. The van der Waals surface area contributed by atoms with Gasteiger partial charge in [-0.1, -0.05) is 0 Å². The Morgan fingerprint density at radius 2 is 2.30 bits per heavy atom. The lowest BCUT2D eigenvalue weighted by molar-refractivity contribution is -0.128. The molecule has 0 aromatic carbocycles. The van der Waals surface area contributed by atoms with Crippen molar-refractivity contribution in [1.29, 1.82) is 0 Å². The minimum Gasteiger partial charge on any atom is -0.340 e. The second-order valence-corrected chi connectivity index (χ2v) is 3.10. The molecule has 1 aliphatic heterocycles. The van der Waals surface area contributed by atoms with E-state index in [1.54, 1.807) is 4.90 Å². The molecular formula is C7H12FNO. The first-order chi connectivity index (χ1) is 4.51. The fourth-order valence-corrected chi connectivity index (χ4v) is 1.19. The van der Waals surface area contributed by atoms with Crippen LogP contribution in [0.1, 0.15) is 20.3 Å². The summed E-state index contributed by atoms with van der Waals surface area (Å²) in [6.45, 7) is 3.85. The zero-order valence-electron chi connectivity index (χ0n) is 6.35. The minimum atomic E-state index is -1.15. The number of hydrogen-bond donors (Lipinski definition) is 0. The third-order valence-corrected chi connectivity index (χ3v) is 1.87. The number of carbonyl (C=O) groups excluding carboxylic acids is 1. The van der Waals surface area contributed by atoms with E-state index in [0.717, 1.165) is 0 Å². The molecule has 58 valence electrons. The van der Waals surface area contributed by atoms with E-state index in [1.807, 2.05) is 0 Å². The highest BCUT2D eigenvalue weighted by atomic mass is 19.1. The van der Waals surface area contributed by atoms with Crippen LogP contribution >= 0.6 is 0 Å². The lowest BCUT2D eigenvalue weighted by Crippen LogP contribution is -2.29. The Hall–Kier alpha value is -0.600. The maximum Gasteiger partial charge on any atom is 0.219 e. The number of likely N-dealkylation sites (tertiary alicyclic amines) is 1. The van der Waals surface area contributed by atoms with Gasteiger partial charge in [-0.2, -0.15) is 0 Å². The van der Waals surface area contributed by atoms with Crippen molar-refractivity contribution in [3.8, 4) is 0 Å². The number of halogens is 1. The molecule has 0 radical (unpaired) electrons. The van der Waals surface area contributed by atoms with E-state index in [9.17, 15) is 9.18 Å². The van der Waals surface area contributed by atoms with Gasteiger partial charge in [0.15, 0.2) is 0 Å². The van der Waals surface area contributed by atoms with E-state index in [1.165, 1.54) is 13.8 Å². The van der Waals surface area contributed by atoms with Crippen LogP contribution in [-0.2, 0) is 4.79 Å². The van der Waals surface area contributed by atoms with Gasteiger partial charge >= 0.3 is 0 Å². The quantitative estimate of drug-likeness (QED) is 0.497. The van der Waals surface area contributed by atoms with Crippen LogP contribution in [0.25, 0.3) is 0 Å². The Kier molecular flexibility index (Phi) is 1.67. The molecule has 1 saturated heterocycles. The van der Waals surface area contributed by atoms with Gasteiger partial charge in [-0.25, -0.2) is 4.39 Å². The van der Waals surface area contributed by atoms with Gasteiger partial charge in [0.2, 0.25) is 5.91 Å². The number of alkyl halides is 1. The largest absolute Gasteiger partial charge is 0.340 e. The van der Waals surface area contributed by atoms with Gasteiger partial charge in [0, 0.05) is 19.9 Å². The molecule has 0 spiro atoms. The Bertz CT molecular complexity index is 156. The van der Waals surface area contributed by atoms with Gasteiger partial charge < -0.3 is 4.90 Å². The zero-order chi connectivity index (χ0) is 7.78. The molecule has 0 N–H and O–H groups in total. The van der Waals surface area contributed by atoms with Crippen molar-refractivity contribution in [3.63, 3.8) is 0 Å². The highest BCUT2D eigenvalue weighted by Gasteiger charge is 2.34. The molecule has 0 aliphatic carbocycles. The summed E-state index contributed by atoms with van der Waals surface area (Å²) >= 11 is 0. The molecule has 1 fully saturated rings. The predicted molar refractivity (Wildman–Crippen MR) is 36.4 cm³/mol. The topological polar surface area (TPSA) is 20.3 Å². The highest BCUT2D eigenvalue weighted by molar-refractivity contribution is 5.73. The second-order valence-electron chi connectivity index (χ2n) is 3.10. The summed E-state index contributed by atoms with van der Waals surface area (Å²) in [4.78, 5) is 12.2. The van der Waals surface area contributed by atoms with Crippen LogP contribution in [0, 0.1) is 0 Å². The molecule has 3 heteroatoms. The maximum atomic E-state index is 13.0. The lowest BCUT2D eigenvalue weighted by Gasteiger charge is -2.14. The number of hydrogen-bond acceptors (Lipinski definition) is 1. The van der Waals surface area contributed by atoms with Crippen LogP contribution < -0.4 is 0 Å². The van der Waals surface area contributed by atoms with Crippen molar-refractivity contribution in [3.05, 3.63) is 0 Å². The van der Waals surface area contributed by atoms with Crippen LogP contribution in [0.2, 0.25) is 0 Å². The number of rotatable bonds is 0. The molecule has 1 rings (SSSR count). The second kappa shape index (κ2) is 2.22. The molecule has 1 amide bonds. The van der Waals surface area contributed by atoms with Gasteiger partial charge in [0.25, 0.3) is 0 Å². The molecule has 0 saturated carbocycles.